The molecule has 1 aromatic heterocycles. The normalized spacial score (nSPS) is 14.5. The fourth-order valence-corrected chi connectivity index (χ4v) is 5.06. The molecular weight excluding hydrogens is 525 g/mol. The molecule has 9 nitrogen and oxygen atoms in total. The average Bonchev–Trinajstić information content (AvgIpc) is 3.58. The first kappa shape index (κ1) is 26.2. The van der Waals surface area contributed by atoms with Crippen molar-refractivity contribution >= 4 is 38.3 Å². The summed E-state index contributed by atoms with van der Waals surface area (Å²) in [5, 5.41) is 7.39. The molecule has 1 unspecified atom stereocenters. The number of oxime groups is 1. The number of ether oxygens (including phenoxy) is 4. The van der Waals surface area contributed by atoms with E-state index in [1.54, 1.807) is 27.4 Å². The molecule has 0 bridgehead atoms. The SMILES string of the molecule is COc1cc(C2=NOC(c3ccc(C)c(OCC(=O)Nc4nc5cc(F)ccc5s4)c3)C2)cc(OC)c1OC. The third kappa shape index (κ3) is 5.58. The van der Waals surface area contributed by atoms with Crippen LogP contribution in [-0.2, 0) is 9.63 Å². The number of thiazole rings is 1. The Labute approximate surface area is 228 Å². The van der Waals surface area contributed by atoms with Crippen LogP contribution in [0.4, 0.5) is 9.52 Å². The molecule has 0 saturated carbocycles. The number of aryl methyl sites for hydroxylation is 1. The Morgan fingerprint density at radius 3 is 2.54 bits per heavy atom. The Morgan fingerprint density at radius 2 is 1.82 bits per heavy atom. The molecule has 11 heteroatoms. The molecule has 4 aromatic rings. The van der Waals surface area contributed by atoms with Gasteiger partial charge >= 0.3 is 0 Å². The molecule has 0 aliphatic carbocycles. The maximum Gasteiger partial charge on any atom is 0.264 e. The zero-order valence-corrected chi connectivity index (χ0v) is 22.6. The minimum Gasteiger partial charge on any atom is -0.493 e. The van der Waals surface area contributed by atoms with Gasteiger partial charge in [0.25, 0.3) is 5.91 Å². The van der Waals surface area contributed by atoms with Gasteiger partial charge in [0, 0.05) is 18.1 Å². The summed E-state index contributed by atoms with van der Waals surface area (Å²) < 4.78 is 36.3. The smallest absolute Gasteiger partial charge is 0.264 e. The van der Waals surface area contributed by atoms with Gasteiger partial charge < -0.3 is 23.8 Å². The van der Waals surface area contributed by atoms with Gasteiger partial charge in [-0.2, -0.15) is 0 Å². The number of carbonyl (C=O) groups is 1. The van der Waals surface area contributed by atoms with Crippen LogP contribution in [0.3, 0.4) is 0 Å². The lowest BCUT2D eigenvalue weighted by Gasteiger charge is -2.14. The molecule has 2 heterocycles. The lowest BCUT2D eigenvalue weighted by Crippen LogP contribution is -2.20. The summed E-state index contributed by atoms with van der Waals surface area (Å²) in [6, 6.07) is 13.7. The topological polar surface area (TPSA) is 100 Å². The largest absolute Gasteiger partial charge is 0.493 e. The maximum atomic E-state index is 13.4. The average molecular weight is 552 g/mol. The zero-order valence-electron chi connectivity index (χ0n) is 21.7. The Hall–Kier alpha value is -4.38. The first-order valence-corrected chi connectivity index (χ1v) is 12.8. The van der Waals surface area contributed by atoms with Gasteiger partial charge in [0.15, 0.2) is 29.3 Å². The quantitative estimate of drug-likeness (QED) is 0.287. The van der Waals surface area contributed by atoms with Crippen LogP contribution in [0.5, 0.6) is 23.0 Å². The van der Waals surface area contributed by atoms with Crippen LogP contribution < -0.4 is 24.3 Å². The minimum absolute atomic E-state index is 0.215. The Kier molecular flexibility index (Phi) is 7.51. The third-order valence-electron chi connectivity index (χ3n) is 6.21. The molecule has 0 fully saturated rings. The molecule has 0 radical (unpaired) electrons. The fraction of sp³-hybridized carbons (Fsp3) is 0.250. The van der Waals surface area contributed by atoms with Crippen LogP contribution in [0.25, 0.3) is 10.2 Å². The van der Waals surface area contributed by atoms with E-state index in [-0.39, 0.29) is 24.4 Å². The van der Waals surface area contributed by atoms with Gasteiger partial charge in [0.05, 0.1) is 37.3 Å². The number of rotatable bonds is 9. The van der Waals surface area contributed by atoms with Crippen molar-refractivity contribution in [1.29, 1.82) is 0 Å². The van der Waals surface area contributed by atoms with Crippen molar-refractivity contribution in [2.45, 2.75) is 19.4 Å². The van der Waals surface area contributed by atoms with Crippen LogP contribution in [0.2, 0.25) is 0 Å². The monoisotopic (exact) mass is 551 g/mol. The number of amides is 1. The second-order valence-electron chi connectivity index (χ2n) is 8.74. The number of hydrogen-bond acceptors (Lipinski definition) is 9. The molecular formula is C28H26FN3O6S. The number of nitrogens with one attached hydrogen (secondary N) is 1. The predicted octanol–water partition coefficient (Wildman–Crippen LogP) is 5.65. The summed E-state index contributed by atoms with van der Waals surface area (Å²) >= 11 is 1.27. The standard InChI is InChI=1S/C28H26FN3O6S/c1-15-5-6-16(22-13-19(32-38-22)17-10-23(34-2)27(36-4)24(11-17)35-3)9-21(15)37-14-26(33)31-28-30-20-12-18(29)7-8-25(20)39-28/h5-12,22H,13-14H2,1-4H3,(H,30,31,33). The van der Waals surface area contributed by atoms with E-state index >= 15 is 0 Å². The fourth-order valence-electron chi connectivity index (χ4n) is 4.20. The lowest BCUT2D eigenvalue weighted by atomic mass is 9.98. The van der Waals surface area contributed by atoms with E-state index in [0.29, 0.717) is 40.1 Å². The van der Waals surface area contributed by atoms with Gasteiger partial charge in [-0.15, -0.1) is 0 Å². The summed E-state index contributed by atoms with van der Waals surface area (Å²) in [5.41, 5.74) is 3.74. The summed E-state index contributed by atoms with van der Waals surface area (Å²) in [5.74, 6) is 1.36. The number of methoxy groups -OCH3 is 3. The highest BCUT2D eigenvalue weighted by Crippen LogP contribution is 2.40. The van der Waals surface area contributed by atoms with Crippen LogP contribution in [0.1, 0.15) is 29.2 Å². The van der Waals surface area contributed by atoms with Crippen LogP contribution in [0.15, 0.2) is 53.7 Å². The number of halogens is 1. The lowest BCUT2D eigenvalue weighted by molar-refractivity contribution is -0.118. The van der Waals surface area contributed by atoms with Gasteiger partial charge in [-0.05, 0) is 48.4 Å². The number of anilines is 1. The van der Waals surface area contributed by atoms with Crippen molar-refractivity contribution in [3.8, 4) is 23.0 Å². The first-order chi connectivity index (χ1) is 18.9. The van der Waals surface area contributed by atoms with Crippen LogP contribution in [0, 0.1) is 12.7 Å². The van der Waals surface area contributed by atoms with E-state index in [1.165, 1.54) is 23.5 Å². The Morgan fingerprint density at radius 1 is 1.05 bits per heavy atom. The number of hydrogen-bond donors (Lipinski definition) is 1. The molecule has 0 spiro atoms. The number of aromatic nitrogens is 1. The Bertz CT molecular complexity index is 1550. The number of nitrogens with zero attached hydrogens (tertiary/aromatic N) is 2. The van der Waals surface area contributed by atoms with Crippen molar-refractivity contribution in [2.75, 3.05) is 33.3 Å². The maximum absolute atomic E-state index is 13.4. The number of carbonyl (C=O) groups excluding carboxylic acids is 1. The van der Waals surface area contributed by atoms with E-state index in [1.807, 2.05) is 37.3 Å². The van der Waals surface area contributed by atoms with Crippen LogP contribution >= 0.6 is 11.3 Å². The van der Waals surface area contributed by atoms with Gasteiger partial charge in [-0.3, -0.25) is 10.1 Å². The molecule has 1 atom stereocenters. The van der Waals surface area contributed by atoms with Crippen molar-refractivity contribution in [3.05, 3.63) is 71.0 Å². The Balaban J connectivity index is 1.24. The van der Waals surface area contributed by atoms with Crippen LogP contribution in [-0.4, -0.2) is 44.5 Å². The second kappa shape index (κ2) is 11.2. The summed E-state index contributed by atoms with van der Waals surface area (Å²) in [4.78, 5) is 22.5. The zero-order chi connectivity index (χ0) is 27.5. The molecule has 5 rings (SSSR count). The molecule has 3 aromatic carbocycles. The van der Waals surface area contributed by atoms with E-state index < -0.39 is 0 Å². The van der Waals surface area contributed by atoms with Crippen molar-refractivity contribution in [1.82, 2.24) is 4.98 Å². The summed E-state index contributed by atoms with van der Waals surface area (Å²) in [7, 11) is 4.67. The van der Waals surface area contributed by atoms with Gasteiger partial charge in [0.1, 0.15) is 11.6 Å². The molecule has 1 aliphatic heterocycles. The van der Waals surface area contributed by atoms with Crippen molar-refractivity contribution in [2.24, 2.45) is 5.16 Å². The third-order valence-corrected chi connectivity index (χ3v) is 7.16. The molecule has 202 valence electrons. The van der Waals surface area contributed by atoms with Gasteiger partial charge in [-0.25, -0.2) is 9.37 Å². The first-order valence-electron chi connectivity index (χ1n) is 12.0. The second-order valence-corrected chi connectivity index (χ2v) is 9.77. The molecule has 1 N–H and O–H groups in total. The summed E-state index contributed by atoms with van der Waals surface area (Å²) in [6.45, 7) is 1.68. The predicted molar refractivity (Wildman–Crippen MR) is 146 cm³/mol. The van der Waals surface area contributed by atoms with Crippen molar-refractivity contribution < 1.29 is 33.0 Å². The minimum atomic E-state index is -0.378. The summed E-state index contributed by atoms with van der Waals surface area (Å²) in [6.07, 6.45) is 0.179. The van der Waals surface area contributed by atoms with E-state index in [4.69, 9.17) is 23.8 Å². The molecule has 39 heavy (non-hydrogen) atoms. The highest BCUT2D eigenvalue weighted by Gasteiger charge is 2.27. The highest BCUT2D eigenvalue weighted by molar-refractivity contribution is 7.22. The van der Waals surface area contributed by atoms with E-state index in [2.05, 4.69) is 15.5 Å². The van der Waals surface area contributed by atoms with E-state index in [9.17, 15) is 9.18 Å². The number of benzene rings is 3. The highest BCUT2D eigenvalue weighted by atomic mass is 32.1. The van der Waals surface area contributed by atoms with Gasteiger partial charge in [0.2, 0.25) is 5.75 Å². The molecule has 1 amide bonds. The van der Waals surface area contributed by atoms with Crippen molar-refractivity contribution in [3.63, 3.8) is 0 Å². The number of fused-ring (bicyclic) bond motifs is 1. The molecule has 0 saturated heterocycles. The van der Waals surface area contributed by atoms with Gasteiger partial charge in [-0.1, -0.05) is 28.6 Å². The van der Waals surface area contributed by atoms with E-state index in [0.717, 1.165) is 27.1 Å². The molecule has 1 aliphatic rings.